The first-order valence-corrected chi connectivity index (χ1v) is 7.61. The van der Waals surface area contributed by atoms with E-state index in [1.54, 1.807) is 13.0 Å². The third-order valence-corrected chi connectivity index (χ3v) is 4.42. The third-order valence-electron chi connectivity index (χ3n) is 4.42. The van der Waals surface area contributed by atoms with Gasteiger partial charge in [0.15, 0.2) is 23.8 Å². The van der Waals surface area contributed by atoms with Crippen LogP contribution in [-0.4, -0.2) is 52.0 Å². The van der Waals surface area contributed by atoms with Crippen LogP contribution in [0.4, 0.5) is 0 Å². The van der Waals surface area contributed by atoms with E-state index in [0.29, 0.717) is 12.0 Å². The molecule has 0 aromatic rings. The van der Waals surface area contributed by atoms with E-state index in [0.717, 1.165) is 5.57 Å². The van der Waals surface area contributed by atoms with Crippen molar-refractivity contribution in [3.8, 4) is 0 Å². The number of rotatable bonds is 5. The number of ketones is 1. The molecule has 24 heavy (non-hydrogen) atoms. The van der Waals surface area contributed by atoms with Gasteiger partial charge in [-0.05, 0) is 23.5 Å². The maximum Gasteiger partial charge on any atom is 0.378 e. The minimum absolute atomic E-state index is 0.291. The van der Waals surface area contributed by atoms with E-state index in [1.807, 2.05) is 13.8 Å². The molecule has 132 valence electrons. The molecule has 7 nitrogen and oxygen atoms in total. The van der Waals surface area contributed by atoms with Crippen molar-refractivity contribution in [3.63, 3.8) is 0 Å². The van der Waals surface area contributed by atoms with Gasteiger partial charge in [-0.1, -0.05) is 26.5 Å². The molecule has 3 atom stereocenters. The maximum absolute atomic E-state index is 12.5. The van der Waals surface area contributed by atoms with E-state index in [2.05, 4.69) is 6.58 Å². The molecular formula is C17H22O7. The molecule has 3 N–H and O–H groups in total. The molecule has 0 saturated carbocycles. The number of esters is 1. The van der Waals surface area contributed by atoms with Gasteiger partial charge in [-0.25, -0.2) is 4.79 Å². The van der Waals surface area contributed by atoms with Crippen LogP contribution in [0.3, 0.4) is 0 Å². The van der Waals surface area contributed by atoms with E-state index < -0.39 is 42.1 Å². The molecule has 2 rings (SSSR count). The predicted octanol–water partition coefficient (Wildman–Crippen LogP) is 0.921. The van der Waals surface area contributed by atoms with Crippen molar-refractivity contribution in [2.75, 3.05) is 6.61 Å². The van der Waals surface area contributed by atoms with Crippen LogP contribution >= 0.6 is 0 Å². The van der Waals surface area contributed by atoms with Crippen LogP contribution in [0.25, 0.3) is 0 Å². The summed E-state index contributed by atoms with van der Waals surface area (Å²) in [7, 11) is 0. The Morgan fingerprint density at radius 3 is 2.62 bits per heavy atom. The number of aliphatic hydroxyl groups is 3. The average Bonchev–Trinajstić information content (AvgIpc) is 2.80. The van der Waals surface area contributed by atoms with E-state index >= 15 is 0 Å². The zero-order chi connectivity index (χ0) is 18.2. The number of hydrogen-bond acceptors (Lipinski definition) is 7. The Balaban J connectivity index is 2.33. The molecule has 7 heteroatoms. The van der Waals surface area contributed by atoms with Gasteiger partial charge in [0.1, 0.15) is 6.10 Å². The number of aliphatic hydroxyl groups excluding tert-OH is 3. The molecule has 1 heterocycles. The Morgan fingerprint density at radius 2 is 2.08 bits per heavy atom. The highest BCUT2D eigenvalue weighted by Crippen LogP contribution is 2.41. The van der Waals surface area contributed by atoms with Gasteiger partial charge in [-0.2, -0.15) is 0 Å². The zero-order valence-corrected chi connectivity index (χ0v) is 13.9. The van der Waals surface area contributed by atoms with Crippen molar-refractivity contribution < 1.29 is 34.4 Å². The molecule has 2 aliphatic rings. The lowest BCUT2D eigenvalue weighted by atomic mass is 9.71. The molecule has 0 fully saturated rings. The minimum Gasteiger partial charge on any atom is -0.499 e. The molecule has 0 radical (unpaired) electrons. The second-order valence-corrected chi connectivity index (χ2v) is 6.59. The summed E-state index contributed by atoms with van der Waals surface area (Å²) in [4.78, 5) is 24.1. The van der Waals surface area contributed by atoms with Gasteiger partial charge in [-0.3, -0.25) is 4.79 Å². The van der Waals surface area contributed by atoms with Gasteiger partial charge in [0.25, 0.3) is 0 Å². The first-order valence-electron chi connectivity index (χ1n) is 7.61. The van der Waals surface area contributed by atoms with Gasteiger partial charge in [0.05, 0.1) is 6.61 Å². The topological polar surface area (TPSA) is 113 Å². The summed E-state index contributed by atoms with van der Waals surface area (Å²) < 4.78 is 10.4. The molecule has 1 aliphatic carbocycles. The van der Waals surface area contributed by atoms with Gasteiger partial charge in [-0.15, -0.1) is 0 Å². The summed E-state index contributed by atoms with van der Waals surface area (Å²) in [6.45, 7) is 8.57. The molecule has 0 bridgehead atoms. The minimum atomic E-state index is -1.46. The lowest BCUT2D eigenvalue weighted by molar-refractivity contribution is -0.148. The molecule has 0 spiro atoms. The van der Waals surface area contributed by atoms with E-state index in [9.17, 15) is 19.8 Å². The molecular weight excluding hydrogens is 316 g/mol. The summed E-state index contributed by atoms with van der Waals surface area (Å²) in [5, 5.41) is 28.6. The molecule has 0 saturated heterocycles. The smallest absolute Gasteiger partial charge is 0.378 e. The lowest BCUT2D eigenvalue weighted by Gasteiger charge is -2.37. The Bertz CT molecular complexity index is 641. The average molecular weight is 338 g/mol. The second kappa shape index (κ2) is 6.41. The maximum atomic E-state index is 12.5. The Hall–Kier alpha value is -2.12. The van der Waals surface area contributed by atoms with Crippen molar-refractivity contribution in [2.24, 2.45) is 5.41 Å². The van der Waals surface area contributed by atoms with Gasteiger partial charge in [0.2, 0.25) is 5.76 Å². The molecule has 0 aromatic heterocycles. The number of Topliss-reactive ketones (excluding diaryl/α,β-unsaturated/α-hetero) is 1. The fraction of sp³-hybridized carbons (Fsp3) is 0.529. The molecule has 1 aliphatic heterocycles. The summed E-state index contributed by atoms with van der Waals surface area (Å²) in [5.41, 5.74) is 0.918. The largest absolute Gasteiger partial charge is 0.499 e. The summed E-state index contributed by atoms with van der Waals surface area (Å²) in [6.07, 6.45) is -1.80. The van der Waals surface area contributed by atoms with Gasteiger partial charge >= 0.3 is 5.97 Å². The fourth-order valence-corrected chi connectivity index (χ4v) is 3.16. The molecule has 1 unspecified atom stereocenters. The van der Waals surface area contributed by atoms with Crippen molar-refractivity contribution >= 4 is 11.8 Å². The van der Waals surface area contributed by atoms with Crippen LogP contribution in [0.1, 0.15) is 27.2 Å². The van der Waals surface area contributed by atoms with Crippen molar-refractivity contribution in [3.05, 3.63) is 35.3 Å². The summed E-state index contributed by atoms with van der Waals surface area (Å²) >= 11 is 0. The quantitative estimate of drug-likeness (QED) is 0.639. The van der Waals surface area contributed by atoms with Crippen LogP contribution in [0.15, 0.2) is 35.3 Å². The number of allylic oxidation sites excluding steroid dienone is 2. The Kier molecular flexibility index (Phi) is 4.87. The van der Waals surface area contributed by atoms with Crippen LogP contribution in [-0.2, 0) is 19.1 Å². The Morgan fingerprint density at radius 1 is 1.46 bits per heavy atom. The molecule has 0 amide bonds. The number of carbonyl (C=O) groups is 2. The second-order valence-electron chi connectivity index (χ2n) is 6.59. The van der Waals surface area contributed by atoms with E-state index in [1.165, 1.54) is 0 Å². The van der Waals surface area contributed by atoms with Crippen LogP contribution in [0.2, 0.25) is 0 Å². The van der Waals surface area contributed by atoms with Crippen LogP contribution in [0, 0.1) is 5.41 Å². The van der Waals surface area contributed by atoms with E-state index in [-0.39, 0.29) is 11.5 Å². The standard InChI is InChI=1S/C17H22O7/c1-5-9-8(2)12(20)11(6-17(9,3)4)23-15-13(21)16(22)24-14(15)10(19)7-18/h5,10-11,14,18-19,21H,1,6-7H2,2-4H3/t10-,11?,14+/m0/s1. The predicted molar refractivity (Wildman–Crippen MR) is 83.8 cm³/mol. The first kappa shape index (κ1) is 18.2. The number of carbonyl (C=O) groups excluding carboxylic acids is 2. The highest BCUT2D eigenvalue weighted by Gasteiger charge is 2.45. The highest BCUT2D eigenvalue weighted by molar-refractivity contribution is 6.01. The van der Waals surface area contributed by atoms with Crippen molar-refractivity contribution in [1.82, 2.24) is 0 Å². The first-order chi connectivity index (χ1) is 11.1. The van der Waals surface area contributed by atoms with E-state index in [4.69, 9.17) is 14.6 Å². The number of ether oxygens (including phenoxy) is 2. The van der Waals surface area contributed by atoms with Gasteiger partial charge < -0.3 is 24.8 Å². The SMILES string of the molecule is C=CC1=C(C)C(=O)C(OC2=C(O)C(=O)O[C@@H]2[C@@H](O)CO)CC1(C)C. The van der Waals surface area contributed by atoms with Crippen LogP contribution < -0.4 is 0 Å². The normalized spacial score (nSPS) is 28.0. The monoisotopic (exact) mass is 338 g/mol. The number of cyclic esters (lactones) is 1. The van der Waals surface area contributed by atoms with Gasteiger partial charge in [0, 0.05) is 6.42 Å². The summed E-state index contributed by atoms with van der Waals surface area (Å²) in [6, 6.07) is 0. The third kappa shape index (κ3) is 2.97. The number of hydrogen-bond donors (Lipinski definition) is 3. The highest BCUT2D eigenvalue weighted by atomic mass is 16.6. The fourth-order valence-electron chi connectivity index (χ4n) is 3.16. The van der Waals surface area contributed by atoms with Crippen LogP contribution in [0.5, 0.6) is 0 Å². The zero-order valence-electron chi connectivity index (χ0n) is 13.9. The van der Waals surface area contributed by atoms with Crippen molar-refractivity contribution in [1.29, 1.82) is 0 Å². The summed E-state index contributed by atoms with van der Waals surface area (Å²) in [5.74, 6) is -2.48. The lowest BCUT2D eigenvalue weighted by Crippen LogP contribution is -2.40. The van der Waals surface area contributed by atoms with Crippen molar-refractivity contribution in [2.45, 2.75) is 45.5 Å². The Labute approximate surface area is 139 Å². The molecule has 0 aromatic carbocycles.